The normalized spacial score (nSPS) is 19.6. The molecule has 2 aliphatic heterocycles. The van der Waals surface area contributed by atoms with Crippen molar-refractivity contribution in [3.63, 3.8) is 0 Å². The highest BCUT2D eigenvalue weighted by atomic mass is 32.2. The fraction of sp³-hybridized carbons (Fsp3) is 0.381. The highest BCUT2D eigenvalue weighted by molar-refractivity contribution is 8.26. The largest absolute Gasteiger partial charge is 0.378 e. The lowest BCUT2D eigenvalue weighted by molar-refractivity contribution is -0.135. The molecule has 2 saturated heterocycles. The third kappa shape index (κ3) is 5.53. The second-order valence-corrected chi connectivity index (χ2v) is 8.40. The Kier molecular flexibility index (Phi) is 7.42. The van der Waals surface area contributed by atoms with Gasteiger partial charge in [0.05, 0.1) is 18.1 Å². The molecule has 0 atom stereocenters. The predicted molar refractivity (Wildman–Crippen MR) is 117 cm³/mol. The summed E-state index contributed by atoms with van der Waals surface area (Å²) in [4.78, 5) is 29.0. The van der Waals surface area contributed by atoms with E-state index in [0.717, 1.165) is 11.1 Å². The standard InChI is InChI=1S/C21H24N2O3S2/c1-16(14-17-6-3-2-4-7-17)15-18-20(25)23(21(27)28-18)9-5-8-19(24)22-10-12-26-13-11-22/h2-4,6-7,14-15H,5,8-13H2,1H3/b16-14-,18-15-. The minimum absolute atomic E-state index is 0.0744. The molecule has 2 fully saturated rings. The highest BCUT2D eigenvalue weighted by Gasteiger charge is 2.31. The first-order chi connectivity index (χ1) is 13.5. The number of nitrogens with zero attached hydrogens (tertiary/aromatic N) is 2. The van der Waals surface area contributed by atoms with Gasteiger partial charge < -0.3 is 9.64 Å². The lowest BCUT2D eigenvalue weighted by Gasteiger charge is -2.27. The molecule has 2 aliphatic rings. The zero-order chi connectivity index (χ0) is 19.9. The van der Waals surface area contributed by atoms with Crippen LogP contribution < -0.4 is 0 Å². The molecular weight excluding hydrogens is 392 g/mol. The second kappa shape index (κ2) is 10.0. The molecule has 148 valence electrons. The monoisotopic (exact) mass is 416 g/mol. The lowest BCUT2D eigenvalue weighted by Crippen LogP contribution is -2.41. The van der Waals surface area contributed by atoms with Crippen molar-refractivity contribution in [2.24, 2.45) is 0 Å². The second-order valence-electron chi connectivity index (χ2n) is 6.73. The molecular formula is C21H24N2O3S2. The number of thiocarbonyl (C=S) groups is 1. The summed E-state index contributed by atoms with van der Waals surface area (Å²) >= 11 is 6.70. The van der Waals surface area contributed by atoms with Gasteiger partial charge in [0.1, 0.15) is 4.32 Å². The van der Waals surface area contributed by atoms with Crippen LogP contribution in [0.5, 0.6) is 0 Å². The highest BCUT2D eigenvalue weighted by Crippen LogP contribution is 2.32. The van der Waals surface area contributed by atoms with Crippen molar-refractivity contribution in [1.29, 1.82) is 0 Å². The maximum Gasteiger partial charge on any atom is 0.266 e. The van der Waals surface area contributed by atoms with Gasteiger partial charge in [-0.3, -0.25) is 14.5 Å². The van der Waals surface area contributed by atoms with Gasteiger partial charge in [-0.2, -0.15) is 0 Å². The molecule has 0 bridgehead atoms. The molecule has 3 rings (SSSR count). The van der Waals surface area contributed by atoms with E-state index in [0.29, 0.717) is 54.9 Å². The summed E-state index contributed by atoms with van der Waals surface area (Å²) in [6.45, 7) is 4.94. The van der Waals surface area contributed by atoms with Crippen LogP contribution in [0.25, 0.3) is 6.08 Å². The Labute approximate surface area is 175 Å². The van der Waals surface area contributed by atoms with E-state index < -0.39 is 0 Å². The number of hydrogen-bond acceptors (Lipinski definition) is 5. The number of benzene rings is 1. The minimum atomic E-state index is -0.0744. The van der Waals surface area contributed by atoms with Crippen molar-refractivity contribution < 1.29 is 14.3 Å². The first-order valence-corrected chi connectivity index (χ1v) is 10.6. The molecule has 0 aliphatic carbocycles. The predicted octanol–water partition coefficient (Wildman–Crippen LogP) is 3.47. The van der Waals surface area contributed by atoms with Crippen molar-refractivity contribution in [3.8, 4) is 0 Å². The Morgan fingerprint density at radius 1 is 1.25 bits per heavy atom. The summed E-state index contributed by atoms with van der Waals surface area (Å²) < 4.78 is 5.83. The van der Waals surface area contributed by atoms with Crippen molar-refractivity contribution in [3.05, 3.63) is 52.4 Å². The number of rotatable bonds is 6. The number of amides is 2. The fourth-order valence-electron chi connectivity index (χ4n) is 3.11. The van der Waals surface area contributed by atoms with Crippen molar-refractivity contribution in [2.75, 3.05) is 32.8 Å². The molecule has 7 heteroatoms. The zero-order valence-corrected chi connectivity index (χ0v) is 17.6. The van der Waals surface area contributed by atoms with E-state index in [2.05, 4.69) is 0 Å². The molecule has 0 radical (unpaired) electrons. The van der Waals surface area contributed by atoms with Crippen molar-refractivity contribution in [1.82, 2.24) is 9.80 Å². The maximum atomic E-state index is 12.7. The van der Waals surface area contributed by atoms with E-state index in [1.165, 1.54) is 11.8 Å². The molecule has 2 amide bonds. The first kappa shape index (κ1) is 20.8. The lowest BCUT2D eigenvalue weighted by atomic mass is 10.1. The SMILES string of the molecule is CC(=C/c1ccccc1)/C=C1\SC(=S)N(CCCC(=O)N2CCOCC2)C1=O. The third-order valence-corrected chi connectivity index (χ3v) is 5.94. The van der Waals surface area contributed by atoms with Crippen LogP contribution in [0.4, 0.5) is 0 Å². The molecule has 0 saturated carbocycles. The van der Waals surface area contributed by atoms with E-state index in [-0.39, 0.29) is 11.8 Å². The molecule has 0 N–H and O–H groups in total. The van der Waals surface area contributed by atoms with Gasteiger partial charge in [-0.1, -0.05) is 60.4 Å². The number of ether oxygens (including phenoxy) is 1. The molecule has 5 nitrogen and oxygen atoms in total. The quantitative estimate of drug-likeness (QED) is 0.525. The summed E-state index contributed by atoms with van der Waals surface area (Å²) in [6, 6.07) is 9.98. The smallest absolute Gasteiger partial charge is 0.266 e. The third-order valence-electron chi connectivity index (χ3n) is 4.56. The fourth-order valence-corrected chi connectivity index (χ4v) is 4.47. The van der Waals surface area contributed by atoms with Gasteiger partial charge in [-0.15, -0.1) is 0 Å². The van der Waals surface area contributed by atoms with Gasteiger partial charge in [-0.05, 0) is 30.6 Å². The summed E-state index contributed by atoms with van der Waals surface area (Å²) in [5.74, 6) is 0.0422. The topological polar surface area (TPSA) is 49.9 Å². The van der Waals surface area contributed by atoms with Gasteiger partial charge in [0.15, 0.2) is 0 Å². The Morgan fingerprint density at radius 2 is 1.96 bits per heavy atom. The first-order valence-electron chi connectivity index (χ1n) is 9.39. The number of morpholine rings is 1. The van der Waals surface area contributed by atoms with Crippen molar-refractivity contribution in [2.45, 2.75) is 19.8 Å². The Hall–Kier alpha value is -1.96. The summed E-state index contributed by atoms with van der Waals surface area (Å²) in [5.41, 5.74) is 2.09. The van der Waals surface area contributed by atoms with E-state index >= 15 is 0 Å². The number of carbonyl (C=O) groups is 2. The van der Waals surface area contributed by atoms with Gasteiger partial charge in [-0.25, -0.2) is 0 Å². The Bertz CT molecular complexity index is 799. The van der Waals surface area contributed by atoms with Crippen LogP contribution in [0, 0.1) is 0 Å². The summed E-state index contributed by atoms with van der Waals surface area (Å²) in [5, 5.41) is 0. The number of hydrogen-bond donors (Lipinski definition) is 0. The van der Waals surface area contributed by atoms with Crippen LogP contribution >= 0.6 is 24.0 Å². The average Bonchev–Trinajstić information content (AvgIpc) is 2.96. The Morgan fingerprint density at radius 3 is 2.68 bits per heavy atom. The van der Waals surface area contributed by atoms with E-state index in [1.54, 1.807) is 4.90 Å². The average molecular weight is 417 g/mol. The van der Waals surface area contributed by atoms with Gasteiger partial charge in [0, 0.05) is 26.1 Å². The number of carbonyl (C=O) groups excluding carboxylic acids is 2. The molecule has 0 aromatic heterocycles. The molecule has 0 unspecified atom stereocenters. The zero-order valence-electron chi connectivity index (χ0n) is 15.9. The van der Waals surface area contributed by atoms with Gasteiger partial charge >= 0.3 is 0 Å². The maximum absolute atomic E-state index is 12.7. The summed E-state index contributed by atoms with van der Waals surface area (Å²) in [7, 11) is 0. The molecule has 1 aromatic rings. The van der Waals surface area contributed by atoms with Gasteiger partial charge in [0.25, 0.3) is 5.91 Å². The van der Waals surface area contributed by atoms with E-state index in [9.17, 15) is 9.59 Å². The Balaban J connectivity index is 1.54. The van der Waals surface area contributed by atoms with Crippen LogP contribution in [0.15, 0.2) is 46.9 Å². The van der Waals surface area contributed by atoms with E-state index in [1.807, 2.05) is 54.3 Å². The van der Waals surface area contributed by atoms with Crippen LogP contribution in [0.1, 0.15) is 25.3 Å². The van der Waals surface area contributed by atoms with Crippen LogP contribution in [0.3, 0.4) is 0 Å². The molecule has 1 aromatic carbocycles. The van der Waals surface area contributed by atoms with Gasteiger partial charge in [0.2, 0.25) is 5.91 Å². The van der Waals surface area contributed by atoms with Crippen LogP contribution in [-0.2, 0) is 14.3 Å². The molecule has 2 heterocycles. The molecule has 0 spiro atoms. The van der Waals surface area contributed by atoms with Crippen LogP contribution in [0.2, 0.25) is 0 Å². The minimum Gasteiger partial charge on any atom is -0.378 e. The molecule has 28 heavy (non-hydrogen) atoms. The summed E-state index contributed by atoms with van der Waals surface area (Å²) in [6.07, 6.45) is 4.94. The van der Waals surface area contributed by atoms with Crippen LogP contribution in [-0.4, -0.2) is 58.8 Å². The number of allylic oxidation sites excluding steroid dienone is 2. The van der Waals surface area contributed by atoms with E-state index in [4.69, 9.17) is 17.0 Å². The van der Waals surface area contributed by atoms with Crippen molar-refractivity contribution >= 4 is 46.2 Å². The number of thioether (sulfide) groups is 1.